The number of aromatic nitrogens is 1. The summed E-state index contributed by atoms with van der Waals surface area (Å²) < 4.78 is 0. The Morgan fingerprint density at radius 2 is 1.60 bits per heavy atom. The Morgan fingerprint density at radius 3 is 2.20 bits per heavy atom. The molecule has 0 unspecified atom stereocenters. The molecule has 1 aliphatic heterocycles. The largest absolute Gasteiger partial charge is 0.320 e. The predicted molar refractivity (Wildman–Crippen MR) is 143 cm³/mol. The SMILES string of the molecule is Cl.Cl.N[C@@H](Cc1ccccc1)C(=O)N(C(=O)[C@@H]1CCCN1)[C@@H](Cc1ccccn1)c1ccccc1. The van der Waals surface area contributed by atoms with E-state index in [0.29, 0.717) is 19.3 Å². The zero-order valence-corrected chi connectivity index (χ0v) is 21.1. The van der Waals surface area contributed by atoms with Gasteiger partial charge in [0.1, 0.15) is 0 Å². The summed E-state index contributed by atoms with van der Waals surface area (Å²) in [6.45, 7) is 0.769. The van der Waals surface area contributed by atoms with Gasteiger partial charge in [-0.1, -0.05) is 66.7 Å². The van der Waals surface area contributed by atoms with E-state index < -0.39 is 12.1 Å². The van der Waals surface area contributed by atoms with Gasteiger partial charge in [0.05, 0.1) is 18.1 Å². The second kappa shape index (κ2) is 14.0. The molecule has 8 heteroatoms. The zero-order chi connectivity index (χ0) is 23.0. The number of amides is 2. The molecule has 35 heavy (non-hydrogen) atoms. The Balaban J connectivity index is 0.00000216. The number of imide groups is 1. The van der Waals surface area contributed by atoms with E-state index in [1.54, 1.807) is 6.20 Å². The maximum atomic E-state index is 13.8. The maximum absolute atomic E-state index is 13.8. The standard InChI is InChI=1S/C27H30N4O2.2ClH/c28-23(18-20-10-3-1-4-11-20)26(32)31(27(33)24-15-9-17-30-24)25(21-12-5-2-6-13-21)19-22-14-7-8-16-29-22;;/h1-8,10-14,16,23-25,30H,9,15,17-19,28H2;2*1H/t23-,24-,25-;;/m0../s1. The molecular formula is C27H32Cl2N4O2. The highest BCUT2D eigenvalue weighted by Crippen LogP contribution is 2.28. The average molecular weight is 515 g/mol. The normalized spacial score (nSPS) is 16.3. The van der Waals surface area contributed by atoms with Crippen molar-refractivity contribution in [3.8, 4) is 0 Å². The number of rotatable bonds is 8. The lowest BCUT2D eigenvalue weighted by atomic mass is 9.96. The summed E-state index contributed by atoms with van der Waals surface area (Å²) in [5.74, 6) is -0.576. The number of carbonyl (C=O) groups excluding carboxylic acids is 2. The Bertz CT molecular complexity index is 1050. The summed E-state index contributed by atoms with van der Waals surface area (Å²) in [4.78, 5) is 33.4. The molecular weight excluding hydrogens is 483 g/mol. The van der Waals surface area contributed by atoms with Crippen LogP contribution in [0.1, 0.15) is 35.7 Å². The summed E-state index contributed by atoms with van der Waals surface area (Å²) >= 11 is 0. The lowest BCUT2D eigenvalue weighted by Crippen LogP contribution is -2.54. The lowest BCUT2D eigenvalue weighted by Gasteiger charge is -2.34. The molecule has 3 N–H and O–H groups in total. The van der Waals surface area contributed by atoms with Gasteiger partial charge < -0.3 is 11.1 Å². The van der Waals surface area contributed by atoms with Crippen molar-refractivity contribution in [1.82, 2.24) is 15.2 Å². The number of carbonyl (C=O) groups is 2. The van der Waals surface area contributed by atoms with Crippen LogP contribution in [-0.2, 0) is 22.4 Å². The number of hydrogen-bond donors (Lipinski definition) is 2. The van der Waals surface area contributed by atoms with Crippen molar-refractivity contribution in [3.63, 3.8) is 0 Å². The van der Waals surface area contributed by atoms with Crippen LogP contribution >= 0.6 is 24.8 Å². The van der Waals surface area contributed by atoms with Crippen molar-refractivity contribution >= 4 is 36.6 Å². The van der Waals surface area contributed by atoms with Gasteiger partial charge in [0, 0.05) is 18.3 Å². The van der Waals surface area contributed by atoms with Gasteiger partial charge in [-0.2, -0.15) is 0 Å². The average Bonchev–Trinajstić information content (AvgIpc) is 3.40. The molecule has 0 aliphatic carbocycles. The third-order valence-corrected chi connectivity index (χ3v) is 6.07. The minimum atomic E-state index is -0.826. The molecule has 0 bridgehead atoms. The smallest absolute Gasteiger partial charge is 0.247 e. The van der Waals surface area contributed by atoms with Crippen LogP contribution in [0.5, 0.6) is 0 Å². The zero-order valence-electron chi connectivity index (χ0n) is 19.5. The van der Waals surface area contributed by atoms with E-state index in [1.807, 2.05) is 78.9 Å². The van der Waals surface area contributed by atoms with E-state index >= 15 is 0 Å². The minimum Gasteiger partial charge on any atom is -0.320 e. The predicted octanol–water partition coefficient (Wildman–Crippen LogP) is 3.89. The van der Waals surface area contributed by atoms with Crippen LogP contribution in [0, 0.1) is 0 Å². The van der Waals surface area contributed by atoms with Crippen LogP contribution in [-0.4, -0.2) is 40.3 Å². The summed E-state index contributed by atoms with van der Waals surface area (Å²) in [7, 11) is 0. The van der Waals surface area contributed by atoms with E-state index in [9.17, 15) is 9.59 Å². The number of halogens is 2. The van der Waals surface area contributed by atoms with Crippen LogP contribution in [0.25, 0.3) is 0 Å². The molecule has 6 nitrogen and oxygen atoms in total. The van der Waals surface area contributed by atoms with E-state index in [4.69, 9.17) is 5.73 Å². The summed E-state index contributed by atoms with van der Waals surface area (Å²) in [6.07, 6.45) is 4.14. The van der Waals surface area contributed by atoms with Gasteiger partial charge in [-0.3, -0.25) is 19.5 Å². The molecule has 2 amide bonds. The Kier molecular flexibility index (Phi) is 11.3. The molecule has 1 aliphatic rings. The first-order valence-corrected chi connectivity index (χ1v) is 11.5. The van der Waals surface area contributed by atoms with Crippen molar-refractivity contribution in [1.29, 1.82) is 0 Å². The van der Waals surface area contributed by atoms with Crippen LogP contribution < -0.4 is 11.1 Å². The van der Waals surface area contributed by atoms with Gasteiger partial charge in [-0.05, 0) is 49.1 Å². The molecule has 4 rings (SSSR count). The fraction of sp³-hybridized carbons (Fsp3) is 0.296. The van der Waals surface area contributed by atoms with Crippen molar-refractivity contribution < 1.29 is 9.59 Å². The first-order chi connectivity index (χ1) is 16.1. The van der Waals surface area contributed by atoms with E-state index in [1.165, 1.54) is 4.90 Å². The van der Waals surface area contributed by atoms with Crippen molar-refractivity contribution in [3.05, 3.63) is 102 Å². The Labute approximate surface area is 219 Å². The molecule has 1 aromatic heterocycles. The first kappa shape index (κ1) is 28.5. The highest BCUT2D eigenvalue weighted by atomic mass is 35.5. The van der Waals surface area contributed by atoms with Gasteiger partial charge in [0.2, 0.25) is 11.8 Å². The van der Waals surface area contributed by atoms with Crippen LogP contribution in [0.4, 0.5) is 0 Å². The monoisotopic (exact) mass is 514 g/mol. The lowest BCUT2D eigenvalue weighted by molar-refractivity contribution is -0.150. The molecule has 2 heterocycles. The number of nitrogens with one attached hydrogen (secondary N) is 1. The number of benzene rings is 2. The number of pyridine rings is 1. The fourth-order valence-corrected chi connectivity index (χ4v) is 4.36. The van der Waals surface area contributed by atoms with E-state index in [2.05, 4.69) is 10.3 Å². The quantitative estimate of drug-likeness (QED) is 0.476. The molecule has 3 aromatic rings. The third-order valence-electron chi connectivity index (χ3n) is 6.07. The number of nitrogens with zero attached hydrogens (tertiary/aromatic N) is 2. The maximum Gasteiger partial charge on any atom is 0.247 e. The summed E-state index contributed by atoms with van der Waals surface area (Å²) in [5.41, 5.74) is 9.08. The molecule has 2 aromatic carbocycles. The first-order valence-electron chi connectivity index (χ1n) is 11.5. The van der Waals surface area contributed by atoms with E-state index in [-0.39, 0.29) is 42.7 Å². The molecule has 3 atom stereocenters. The Morgan fingerprint density at radius 1 is 0.943 bits per heavy atom. The van der Waals surface area contributed by atoms with Gasteiger partial charge in [-0.25, -0.2) is 0 Å². The van der Waals surface area contributed by atoms with Gasteiger partial charge in [0.25, 0.3) is 0 Å². The molecule has 186 valence electrons. The molecule has 1 saturated heterocycles. The highest BCUT2D eigenvalue weighted by molar-refractivity contribution is 6.00. The minimum absolute atomic E-state index is 0. The van der Waals surface area contributed by atoms with Gasteiger partial charge in [0.15, 0.2) is 0 Å². The Hall–Kier alpha value is -2.77. The topological polar surface area (TPSA) is 88.3 Å². The fourth-order valence-electron chi connectivity index (χ4n) is 4.36. The number of nitrogens with two attached hydrogens (primary N) is 1. The highest BCUT2D eigenvalue weighted by Gasteiger charge is 2.38. The number of hydrogen-bond acceptors (Lipinski definition) is 5. The van der Waals surface area contributed by atoms with E-state index in [0.717, 1.165) is 29.8 Å². The van der Waals surface area contributed by atoms with Crippen LogP contribution in [0.3, 0.4) is 0 Å². The molecule has 0 radical (unpaired) electrons. The second-order valence-corrected chi connectivity index (χ2v) is 8.44. The van der Waals surface area contributed by atoms with Gasteiger partial charge in [-0.15, -0.1) is 24.8 Å². The summed E-state index contributed by atoms with van der Waals surface area (Å²) in [6, 6.07) is 23.3. The van der Waals surface area contributed by atoms with Crippen LogP contribution in [0.2, 0.25) is 0 Å². The van der Waals surface area contributed by atoms with Gasteiger partial charge >= 0.3 is 0 Å². The second-order valence-electron chi connectivity index (χ2n) is 8.44. The summed E-state index contributed by atoms with van der Waals surface area (Å²) in [5, 5.41) is 3.25. The molecule has 0 saturated carbocycles. The van der Waals surface area contributed by atoms with Crippen molar-refractivity contribution in [2.75, 3.05) is 6.54 Å². The van der Waals surface area contributed by atoms with Crippen molar-refractivity contribution in [2.24, 2.45) is 5.73 Å². The third kappa shape index (κ3) is 7.36. The van der Waals surface area contributed by atoms with Crippen molar-refractivity contribution in [2.45, 2.75) is 43.8 Å². The molecule has 0 spiro atoms. The molecule has 1 fully saturated rings. The van der Waals surface area contributed by atoms with Crippen LogP contribution in [0.15, 0.2) is 85.1 Å².